The third-order valence-corrected chi connectivity index (χ3v) is 2.93. The molecule has 0 aromatic carbocycles. The first kappa shape index (κ1) is 14.4. The molecule has 1 atom stereocenters. The van der Waals surface area contributed by atoms with Gasteiger partial charge in [0.2, 0.25) is 5.91 Å². The summed E-state index contributed by atoms with van der Waals surface area (Å²) < 4.78 is 6.70. The van der Waals surface area contributed by atoms with E-state index in [0.29, 0.717) is 13.2 Å². The monoisotopic (exact) mass is 283 g/mol. The summed E-state index contributed by atoms with van der Waals surface area (Å²) in [4.78, 5) is 24.5. The minimum atomic E-state index is -1.17. The molecule has 1 aliphatic heterocycles. The number of hydrogen-bond donors (Lipinski definition) is 2. The number of hydrogen-bond acceptors (Lipinski definition) is 6. The molecule has 2 N–H and O–H groups in total. The molecule has 110 valence electrons. The fourth-order valence-corrected chi connectivity index (χ4v) is 1.89. The van der Waals surface area contributed by atoms with Crippen molar-refractivity contribution >= 4 is 11.9 Å². The number of carbonyl (C=O) groups is 2. The second kappa shape index (κ2) is 6.44. The summed E-state index contributed by atoms with van der Waals surface area (Å²) in [5.41, 5.74) is -0.185. The number of nitrogens with zero attached hydrogens (tertiary/aromatic N) is 4. The van der Waals surface area contributed by atoms with Gasteiger partial charge in [-0.1, -0.05) is 5.21 Å². The molecule has 1 amide bonds. The Morgan fingerprint density at radius 2 is 2.40 bits per heavy atom. The molecule has 9 heteroatoms. The van der Waals surface area contributed by atoms with Crippen LogP contribution in [0.3, 0.4) is 0 Å². The lowest BCUT2D eigenvalue weighted by atomic mass is 10.3. The Balaban J connectivity index is 1.75. The summed E-state index contributed by atoms with van der Waals surface area (Å²) in [6.07, 6.45) is 1.19. The van der Waals surface area contributed by atoms with Crippen molar-refractivity contribution in [1.82, 2.24) is 25.2 Å². The van der Waals surface area contributed by atoms with Crippen LogP contribution in [-0.2, 0) is 16.1 Å². The Bertz CT molecular complexity index is 489. The van der Waals surface area contributed by atoms with E-state index in [1.54, 1.807) is 0 Å². The molecule has 0 spiro atoms. The normalized spacial score (nSPS) is 19.8. The maximum absolute atomic E-state index is 11.7. The maximum atomic E-state index is 11.7. The molecule has 2 rings (SSSR count). The lowest BCUT2D eigenvalue weighted by molar-refractivity contribution is -0.123. The summed E-state index contributed by atoms with van der Waals surface area (Å²) in [5, 5.41) is 18.4. The molecule has 1 unspecified atom stereocenters. The van der Waals surface area contributed by atoms with Crippen LogP contribution >= 0.6 is 0 Å². The zero-order valence-corrected chi connectivity index (χ0v) is 11.2. The highest BCUT2D eigenvalue weighted by Crippen LogP contribution is 2.01. The number of aromatic carboxylic acids is 1. The van der Waals surface area contributed by atoms with Gasteiger partial charge >= 0.3 is 5.97 Å². The van der Waals surface area contributed by atoms with Gasteiger partial charge in [0.25, 0.3) is 0 Å². The van der Waals surface area contributed by atoms with Gasteiger partial charge in [-0.05, 0) is 7.05 Å². The quantitative estimate of drug-likeness (QED) is 0.671. The number of morpholine rings is 1. The standard InChI is InChI=1S/C11H17N5O4/c1-15-2-3-20-8(5-15)4-12-10(17)7-16-6-9(11(18)19)13-14-16/h6,8H,2-5,7H2,1H3,(H,12,17)(H,18,19). The van der Waals surface area contributed by atoms with Crippen LogP contribution in [0, 0.1) is 0 Å². The van der Waals surface area contributed by atoms with Gasteiger partial charge in [0.15, 0.2) is 5.69 Å². The Morgan fingerprint density at radius 1 is 1.60 bits per heavy atom. The van der Waals surface area contributed by atoms with E-state index in [2.05, 4.69) is 20.5 Å². The number of rotatable bonds is 5. The SMILES string of the molecule is CN1CCOC(CNC(=O)Cn2cc(C(=O)O)nn2)C1. The minimum Gasteiger partial charge on any atom is -0.476 e. The van der Waals surface area contributed by atoms with Crippen molar-refractivity contribution < 1.29 is 19.4 Å². The topological polar surface area (TPSA) is 110 Å². The molecular formula is C11H17N5O4. The molecule has 1 saturated heterocycles. The predicted molar refractivity (Wildman–Crippen MR) is 67.2 cm³/mol. The van der Waals surface area contributed by atoms with E-state index in [1.807, 2.05) is 7.05 Å². The molecule has 2 heterocycles. The zero-order chi connectivity index (χ0) is 14.5. The van der Waals surface area contributed by atoms with Gasteiger partial charge < -0.3 is 20.1 Å². The predicted octanol–water partition coefficient (Wildman–Crippen LogP) is -1.58. The molecule has 1 aromatic rings. The van der Waals surface area contributed by atoms with E-state index in [9.17, 15) is 9.59 Å². The maximum Gasteiger partial charge on any atom is 0.358 e. The van der Waals surface area contributed by atoms with Gasteiger partial charge in [0, 0.05) is 19.6 Å². The van der Waals surface area contributed by atoms with Crippen molar-refractivity contribution in [2.75, 3.05) is 33.3 Å². The van der Waals surface area contributed by atoms with Gasteiger partial charge in [0.1, 0.15) is 6.54 Å². The van der Waals surface area contributed by atoms with Crippen LogP contribution in [0.1, 0.15) is 10.5 Å². The van der Waals surface area contributed by atoms with E-state index in [4.69, 9.17) is 9.84 Å². The number of aromatic nitrogens is 3. The Labute approximate surface area is 115 Å². The first-order valence-corrected chi connectivity index (χ1v) is 6.25. The minimum absolute atomic E-state index is 0.0250. The van der Waals surface area contributed by atoms with Crippen molar-refractivity contribution in [3.05, 3.63) is 11.9 Å². The molecule has 20 heavy (non-hydrogen) atoms. The highest BCUT2D eigenvalue weighted by Gasteiger charge is 2.18. The number of carboxylic acids is 1. The Morgan fingerprint density at radius 3 is 3.05 bits per heavy atom. The summed E-state index contributed by atoms with van der Waals surface area (Å²) in [5.74, 6) is -1.43. The van der Waals surface area contributed by atoms with Crippen LogP contribution in [0.2, 0.25) is 0 Å². The van der Waals surface area contributed by atoms with Gasteiger partial charge in [0.05, 0.1) is 18.9 Å². The highest BCUT2D eigenvalue weighted by molar-refractivity contribution is 5.84. The highest BCUT2D eigenvalue weighted by atomic mass is 16.5. The molecule has 0 saturated carbocycles. The Kier molecular flexibility index (Phi) is 4.64. The fraction of sp³-hybridized carbons (Fsp3) is 0.636. The van der Waals surface area contributed by atoms with Crippen LogP contribution in [0.5, 0.6) is 0 Å². The lowest BCUT2D eigenvalue weighted by Crippen LogP contribution is -2.46. The third kappa shape index (κ3) is 4.00. The molecule has 0 radical (unpaired) electrons. The van der Waals surface area contributed by atoms with Crippen molar-refractivity contribution in [1.29, 1.82) is 0 Å². The van der Waals surface area contributed by atoms with Crippen LogP contribution in [0.25, 0.3) is 0 Å². The number of ether oxygens (including phenoxy) is 1. The van der Waals surface area contributed by atoms with Gasteiger partial charge in [-0.3, -0.25) is 4.79 Å². The van der Waals surface area contributed by atoms with E-state index < -0.39 is 5.97 Å². The molecular weight excluding hydrogens is 266 g/mol. The van der Waals surface area contributed by atoms with E-state index in [0.717, 1.165) is 13.1 Å². The number of nitrogens with one attached hydrogen (secondary N) is 1. The largest absolute Gasteiger partial charge is 0.476 e. The van der Waals surface area contributed by atoms with Gasteiger partial charge in [-0.25, -0.2) is 9.48 Å². The van der Waals surface area contributed by atoms with Crippen LogP contribution in [0.15, 0.2) is 6.20 Å². The summed E-state index contributed by atoms with van der Waals surface area (Å²) in [6, 6.07) is 0. The zero-order valence-electron chi connectivity index (χ0n) is 11.2. The van der Waals surface area contributed by atoms with Gasteiger partial charge in [-0.15, -0.1) is 5.10 Å². The number of carbonyl (C=O) groups excluding carboxylic acids is 1. The summed E-state index contributed by atoms with van der Waals surface area (Å²) in [7, 11) is 2.00. The van der Waals surface area contributed by atoms with Crippen molar-refractivity contribution in [2.45, 2.75) is 12.6 Å². The average molecular weight is 283 g/mol. The van der Waals surface area contributed by atoms with E-state index in [-0.39, 0.29) is 24.2 Å². The number of carboxylic acid groups (broad SMARTS) is 1. The molecule has 1 fully saturated rings. The van der Waals surface area contributed by atoms with Gasteiger partial charge in [-0.2, -0.15) is 0 Å². The van der Waals surface area contributed by atoms with E-state index in [1.165, 1.54) is 10.9 Å². The lowest BCUT2D eigenvalue weighted by Gasteiger charge is -2.30. The first-order chi connectivity index (χ1) is 9.54. The van der Waals surface area contributed by atoms with Crippen molar-refractivity contribution in [2.24, 2.45) is 0 Å². The summed E-state index contributed by atoms with van der Waals surface area (Å²) >= 11 is 0. The second-order valence-corrected chi connectivity index (χ2v) is 4.67. The molecule has 0 aliphatic carbocycles. The molecule has 1 aromatic heterocycles. The average Bonchev–Trinajstić information content (AvgIpc) is 2.85. The molecule has 9 nitrogen and oxygen atoms in total. The van der Waals surface area contributed by atoms with Crippen LogP contribution in [-0.4, -0.2) is 76.3 Å². The number of amides is 1. The molecule has 0 bridgehead atoms. The Hall–Kier alpha value is -2.00. The van der Waals surface area contributed by atoms with Crippen LogP contribution < -0.4 is 5.32 Å². The second-order valence-electron chi connectivity index (χ2n) is 4.67. The van der Waals surface area contributed by atoms with Crippen molar-refractivity contribution in [3.8, 4) is 0 Å². The molecule has 1 aliphatic rings. The smallest absolute Gasteiger partial charge is 0.358 e. The first-order valence-electron chi connectivity index (χ1n) is 6.25. The van der Waals surface area contributed by atoms with E-state index >= 15 is 0 Å². The fourth-order valence-electron chi connectivity index (χ4n) is 1.89. The number of likely N-dealkylation sites (N-methyl/N-ethyl adjacent to an activating group) is 1. The van der Waals surface area contributed by atoms with Crippen molar-refractivity contribution in [3.63, 3.8) is 0 Å². The summed E-state index contributed by atoms with van der Waals surface area (Å²) in [6.45, 7) is 2.67. The van der Waals surface area contributed by atoms with Crippen LogP contribution in [0.4, 0.5) is 0 Å². The third-order valence-electron chi connectivity index (χ3n) is 2.93.